The van der Waals surface area contributed by atoms with Crippen LogP contribution < -0.4 is 0 Å². The van der Waals surface area contributed by atoms with Gasteiger partial charge in [-0.3, -0.25) is 0 Å². The third-order valence-electron chi connectivity index (χ3n) is 12.1. The predicted octanol–water partition coefficient (Wildman–Crippen LogP) is 15.7. The predicted molar refractivity (Wildman–Crippen MR) is 260 cm³/mol. The highest BCUT2D eigenvalue weighted by molar-refractivity contribution is 6.27. The van der Waals surface area contributed by atoms with Gasteiger partial charge in [-0.15, -0.1) is 0 Å². The molecule has 0 fully saturated rings. The summed E-state index contributed by atoms with van der Waals surface area (Å²) in [4.78, 5) is 15.7. The van der Waals surface area contributed by atoms with Crippen LogP contribution in [0.2, 0.25) is 0 Å². The molecule has 0 spiro atoms. The zero-order valence-electron chi connectivity index (χ0n) is 34.1. The first-order valence-electron chi connectivity index (χ1n) is 21.3. The number of hydrogen-bond acceptors (Lipinski definition) is 4. The Kier molecular flexibility index (Phi) is 8.79. The molecule has 4 heteroatoms. The van der Waals surface area contributed by atoms with Crippen molar-refractivity contribution in [2.75, 3.05) is 0 Å². The zero-order chi connectivity index (χ0) is 41.7. The van der Waals surface area contributed by atoms with Gasteiger partial charge in [0, 0.05) is 54.7 Å². The van der Waals surface area contributed by atoms with Gasteiger partial charge in [0.05, 0.1) is 22.6 Å². The number of furan rings is 1. The van der Waals surface area contributed by atoms with Crippen LogP contribution >= 0.6 is 0 Å². The number of para-hydroxylation sites is 2. The Hall–Kier alpha value is -8.47. The SMILES string of the molecule is c1ccc(-c2ccc(-c3cc(-c4ccccc4)nc(-c4cccc(-c5ccc(-c6nc7ccccc7c7c(-c8ccccc8)c8c(cc67)oc6ccccc68)cc5)c4)n3)cc2)cc1. The van der Waals surface area contributed by atoms with E-state index in [4.69, 9.17) is 19.4 Å². The molecule has 0 bridgehead atoms. The van der Waals surface area contributed by atoms with Crippen molar-refractivity contribution in [1.82, 2.24) is 15.0 Å². The highest BCUT2D eigenvalue weighted by Gasteiger charge is 2.22. The van der Waals surface area contributed by atoms with Crippen LogP contribution in [0, 0.1) is 0 Å². The summed E-state index contributed by atoms with van der Waals surface area (Å²) in [5.41, 5.74) is 16.2. The highest BCUT2D eigenvalue weighted by atomic mass is 16.3. The summed E-state index contributed by atoms with van der Waals surface area (Å²) in [5, 5.41) is 5.56. The van der Waals surface area contributed by atoms with Gasteiger partial charge in [-0.2, -0.15) is 0 Å². The van der Waals surface area contributed by atoms with Crippen LogP contribution in [0.15, 0.2) is 229 Å². The molecule has 3 aromatic heterocycles. The molecule has 63 heavy (non-hydrogen) atoms. The average molecular weight is 804 g/mol. The molecule has 12 rings (SSSR count). The summed E-state index contributed by atoms with van der Waals surface area (Å²) in [6, 6.07) is 78.4. The maximum absolute atomic E-state index is 6.60. The summed E-state index contributed by atoms with van der Waals surface area (Å²) >= 11 is 0. The van der Waals surface area contributed by atoms with E-state index in [0.717, 1.165) is 99.8 Å². The highest BCUT2D eigenvalue weighted by Crippen LogP contribution is 2.46. The van der Waals surface area contributed by atoms with Crippen molar-refractivity contribution in [3.63, 3.8) is 0 Å². The molecule has 0 saturated carbocycles. The Balaban J connectivity index is 0.963. The lowest BCUT2D eigenvalue weighted by molar-refractivity contribution is 0.669. The monoisotopic (exact) mass is 803 g/mol. The van der Waals surface area contributed by atoms with Crippen molar-refractivity contribution >= 4 is 43.6 Å². The molecule has 3 heterocycles. The number of pyridine rings is 1. The smallest absolute Gasteiger partial charge is 0.160 e. The van der Waals surface area contributed by atoms with E-state index in [9.17, 15) is 0 Å². The van der Waals surface area contributed by atoms with Crippen LogP contribution in [0.3, 0.4) is 0 Å². The van der Waals surface area contributed by atoms with E-state index >= 15 is 0 Å². The van der Waals surface area contributed by atoms with Crippen LogP contribution in [0.25, 0.3) is 122 Å². The van der Waals surface area contributed by atoms with Crippen molar-refractivity contribution < 1.29 is 4.42 Å². The molecule has 0 aliphatic carbocycles. The van der Waals surface area contributed by atoms with E-state index < -0.39 is 0 Å². The quantitative estimate of drug-likeness (QED) is 0.151. The molecule has 0 N–H and O–H groups in total. The van der Waals surface area contributed by atoms with Gasteiger partial charge in [-0.1, -0.05) is 194 Å². The third kappa shape index (κ3) is 6.53. The van der Waals surface area contributed by atoms with E-state index in [-0.39, 0.29) is 0 Å². The Labute approximate surface area is 364 Å². The van der Waals surface area contributed by atoms with E-state index in [2.05, 4.69) is 194 Å². The fourth-order valence-corrected chi connectivity index (χ4v) is 9.03. The van der Waals surface area contributed by atoms with Crippen LogP contribution in [0.5, 0.6) is 0 Å². The summed E-state index contributed by atoms with van der Waals surface area (Å²) < 4.78 is 6.60. The van der Waals surface area contributed by atoms with Crippen molar-refractivity contribution in [3.8, 4) is 78.5 Å². The Morgan fingerprint density at radius 2 is 0.794 bits per heavy atom. The molecule has 0 aliphatic heterocycles. The van der Waals surface area contributed by atoms with Gasteiger partial charge in [0.2, 0.25) is 0 Å². The minimum Gasteiger partial charge on any atom is -0.456 e. The van der Waals surface area contributed by atoms with Gasteiger partial charge in [-0.25, -0.2) is 15.0 Å². The Bertz CT molecular complexity index is 3640. The van der Waals surface area contributed by atoms with Crippen molar-refractivity contribution in [1.29, 1.82) is 0 Å². The first-order valence-corrected chi connectivity index (χ1v) is 21.3. The second kappa shape index (κ2) is 15.2. The minimum atomic E-state index is 0.676. The lowest BCUT2D eigenvalue weighted by Crippen LogP contribution is -1.96. The van der Waals surface area contributed by atoms with E-state index in [1.807, 2.05) is 30.3 Å². The number of benzene rings is 9. The molecule has 0 radical (unpaired) electrons. The molecule has 0 saturated heterocycles. The Morgan fingerprint density at radius 1 is 0.286 bits per heavy atom. The van der Waals surface area contributed by atoms with Gasteiger partial charge in [0.25, 0.3) is 0 Å². The van der Waals surface area contributed by atoms with E-state index in [1.54, 1.807) is 0 Å². The second-order valence-corrected chi connectivity index (χ2v) is 15.9. The van der Waals surface area contributed by atoms with Gasteiger partial charge >= 0.3 is 0 Å². The first-order chi connectivity index (χ1) is 31.2. The fraction of sp³-hybridized carbons (Fsp3) is 0. The van der Waals surface area contributed by atoms with Gasteiger partial charge in [0.15, 0.2) is 5.82 Å². The van der Waals surface area contributed by atoms with Crippen LogP contribution in [0.1, 0.15) is 0 Å². The van der Waals surface area contributed by atoms with Crippen molar-refractivity contribution in [2.24, 2.45) is 0 Å². The zero-order valence-corrected chi connectivity index (χ0v) is 34.1. The molecular formula is C59H37N3O. The second-order valence-electron chi connectivity index (χ2n) is 15.9. The fourth-order valence-electron chi connectivity index (χ4n) is 9.03. The number of fused-ring (bicyclic) bond motifs is 6. The van der Waals surface area contributed by atoms with Gasteiger partial charge in [0.1, 0.15) is 11.2 Å². The number of hydrogen-bond donors (Lipinski definition) is 0. The Morgan fingerprint density at radius 3 is 1.51 bits per heavy atom. The molecular weight excluding hydrogens is 767 g/mol. The molecule has 0 aliphatic rings. The normalized spacial score (nSPS) is 11.5. The summed E-state index contributed by atoms with van der Waals surface area (Å²) in [6.07, 6.45) is 0. The van der Waals surface area contributed by atoms with Crippen LogP contribution in [-0.2, 0) is 0 Å². The summed E-state index contributed by atoms with van der Waals surface area (Å²) in [5.74, 6) is 0.676. The van der Waals surface area contributed by atoms with E-state index in [0.29, 0.717) is 5.82 Å². The van der Waals surface area contributed by atoms with Crippen LogP contribution in [0.4, 0.5) is 0 Å². The summed E-state index contributed by atoms with van der Waals surface area (Å²) in [7, 11) is 0. The van der Waals surface area contributed by atoms with Crippen molar-refractivity contribution in [2.45, 2.75) is 0 Å². The van der Waals surface area contributed by atoms with Crippen LogP contribution in [-0.4, -0.2) is 15.0 Å². The molecule has 4 nitrogen and oxygen atoms in total. The topological polar surface area (TPSA) is 51.8 Å². The first kappa shape index (κ1) is 36.4. The van der Waals surface area contributed by atoms with Gasteiger partial charge in [-0.05, 0) is 58.1 Å². The summed E-state index contributed by atoms with van der Waals surface area (Å²) in [6.45, 7) is 0. The minimum absolute atomic E-state index is 0.676. The third-order valence-corrected chi connectivity index (χ3v) is 12.1. The lowest BCUT2D eigenvalue weighted by Gasteiger charge is -2.16. The molecule has 9 aromatic carbocycles. The maximum atomic E-state index is 6.60. The number of aromatic nitrogens is 3. The maximum Gasteiger partial charge on any atom is 0.160 e. The molecule has 294 valence electrons. The molecule has 0 atom stereocenters. The molecule has 0 unspecified atom stereocenters. The van der Waals surface area contributed by atoms with Crippen molar-refractivity contribution in [3.05, 3.63) is 224 Å². The van der Waals surface area contributed by atoms with E-state index in [1.165, 1.54) is 16.5 Å². The molecule has 12 aromatic rings. The number of nitrogens with zero attached hydrogens (tertiary/aromatic N) is 3. The largest absolute Gasteiger partial charge is 0.456 e. The molecule has 0 amide bonds. The average Bonchev–Trinajstić information content (AvgIpc) is 3.74. The lowest BCUT2D eigenvalue weighted by atomic mass is 9.89. The van der Waals surface area contributed by atoms with Gasteiger partial charge < -0.3 is 4.42 Å². The standard InChI is InChI=1S/C59H37N3O/c1-4-15-38(16-5-1)39-27-31-42(32-28-39)52-37-51(41-17-6-2-7-18-41)61-59(62-52)46-22-14-21-45(35-46)40-29-33-44(34-30-40)58-49-36-54-57(48-24-11-13-26-53(48)63-54)55(43-19-8-3-9-20-43)56(49)47-23-10-12-25-50(47)60-58/h1-37H. The number of rotatable bonds is 7.